The molecule has 0 radical (unpaired) electrons. The molecule has 0 saturated heterocycles. The van der Waals surface area contributed by atoms with Gasteiger partial charge in [0.05, 0.1) is 0 Å². The van der Waals surface area contributed by atoms with E-state index in [1.54, 1.807) is 0 Å². The van der Waals surface area contributed by atoms with E-state index < -0.39 is 0 Å². The maximum atomic E-state index is 11.9. The Balaban J connectivity index is 1.87. The normalized spacial score (nSPS) is 27.6. The lowest BCUT2D eigenvalue weighted by Gasteiger charge is -2.34. The molecule has 3 nitrogen and oxygen atoms in total. The van der Waals surface area contributed by atoms with Gasteiger partial charge in [-0.05, 0) is 30.4 Å². The lowest BCUT2D eigenvalue weighted by Crippen LogP contribution is -2.45. The van der Waals surface area contributed by atoms with Crippen molar-refractivity contribution in [3.63, 3.8) is 0 Å². The summed E-state index contributed by atoms with van der Waals surface area (Å²) in [6.45, 7) is 4.50. The number of carbonyl (C=O) groups is 1. The van der Waals surface area contributed by atoms with Gasteiger partial charge >= 0.3 is 6.03 Å². The van der Waals surface area contributed by atoms with E-state index in [9.17, 15) is 4.79 Å². The van der Waals surface area contributed by atoms with Crippen molar-refractivity contribution in [3.05, 3.63) is 30.3 Å². The van der Waals surface area contributed by atoms with Crippen LogP contribution in [0, 0.1) is 11.8 Å². The predicted molar refractivity (Wildman–Crippen MR) is 74.6 cm³/mol. The van der Waals surface area contributed by atoms with Gasteiger partial charge in [-0.1, -0.05) is 44.9 Å². The lowest BCUT2D eigenvalue weighted by atomic mass is 9.78. The molecule has 1 saturated carbocycles. The number of amides is 2. The third-order valence-corrected chi connectivity index (χ3v) is 4.05. The van der Waals surface area contributed by atoms with Crippen LogP contribution in [0.3, 0.4) is 0 Å². The highest BCUT2D eigenvalue weighted by molar-refractivity contribution is 5.89. The van der Waals surface area contributed by atoms with Gasteiger partial charge in [0.2, 0.25) is 0 Å². The third-order valence-electron chi connectivity index (χ3n) is 4.05. The van der Waals surface area contributed by atoms with Crippen LogP contribution in [-0.4, -0.2) is 12.1 Å². The average Bonchev–Trinajstić information content (AvgIpc) is 2.36. The average molecular weight is 246 g/mol. The van der Waals surface area contributed by atoms with Crippen molar-refractivity contribution in [2.75, 3.05) is 5.32 Å². The fourth-order valence-corrected chi connectivity index (χ4v) is 2.64. The van der Waals surface area contributed by atoms with Crippen LogP contribution in [0.4, 0.5) is 10.5 Å². The largest absolute Gasteiger partial charge is 0.335 e. The Bertz CT molecular complexity index is 391. The number of benzene rings is 1. The van der Waals surface area contributed by atoms with Crippen LogP contribution in [0.5, 0.6) is 0 Å². The summed E-state index contributed by atoms with van der Waals surface area (Å²) in [5, 5.41) is 5.97. The second-order valence-electron chi connectivity index (χ2n) is 5.34. The second kappa shape index (κ2) is 5.89. The topological polar surface area (TPSA) is 41.1 Å². The highest BCUT2D eigenvalue weighted by Gasteiger charge is 2.27. The zero-order chi connectivity index (χ0) is 13.0. The van der Waals surface area contributed by atoms with Gasteiger partial charge in [-0.25, -0.2) is 4.79 Å². The Morgan fingerprint density at radius 3 is 2.61 bits per heavy atom. The van der Waals surface area contributed by atoms with Crippen molar-refractivity contribution in [2.45, 2.75) is 39.2 Å². The Labute approximate surface area is 109 Å². The minimum atomic E-state index is -0.0906. The summed E-state index contributed by atoms with van der Waals surface area (Å²) in [5.41, 5.74) is 0.839. The minimum absolute atomic E-state index is 0.0906. The molecule has 3 heteroatoms. The van der Waals surface area contributed by atoms with Crippen molar-refractivity contribution in [3.8, 4) is 0 Å². The standard InChI is InChI=1S/C15H22N2O/c1-11-7-6-10-14(12(11)2)17-15(18)16-13-8-4-3-5-9-13/h3-5,8-9,11-12,14H,6-7,10H2,1-2H3,(H2,16,17,18)/t11-,12-,14+/m1/s1. The first-order valence-electron chi connectivity index (χ1n) is 6.79. The van der Waals surface area contributed by atoms with Crippen molar-refractivity contribution in [2.24, 2.45) is 11.8 Å². The Hall–Kier alpha value is -1.51. The van der Waals surface area contributed by atoms with Crippen molar-refractivity contribution in [1.29, 1.82) is 0 Å². The first-order chi connectivity index (χ1) is 8.66. The van der Waals surface area contributed by atoms with Crippen LogP contribution in [0.1, 0.15) is 33.1 Å². The lowest BCUT2D eigenvalue weighted by molar-refractivity contribution is 0.201. The van der Waals surface area contributed by atoms with Crippen molar-refractivity contribution in [1.82, 2.24) is 5.32 Å². The molecule has 0 bridgehead atoms. The van der Waals surface area contributed by atoms with E-state index in [-0.39, 0.29) is 6.03 Å². The molecule has 3 atom stereocenters. The quantitative estimate of drug-likeness (QED) is 0.822. The maximum Gasteiger partial charge on any atom is 0.319 e. The molecule has 0 aliphatic heterocycles. The van der Waals surface area contributed by atoms with E-state index in [4.69, 9.17) is 0 Å². The van der Waals surface area contributed by atoms with Crippen molar-refractivity contribution >= 4 is 11.7 Å². The van der Waals surface area contributed by atoms with Gasteiger partial charge in [0.1, 0.15) is 0 Å². The SMILES string of the molecule is C[C@@H]1[C@H](C)CCC[C@@H]1NC(=O)Nc1ccccc1. The fraction of sp³-hybridized carbons (Fsp3) is 0.533. The molecule has 18 heavy (non-hydrogen) atoms. The molecule has 2 N–H and O–H groups in total. The van der Waals surface area contributed by atoms with E-state index in [1.165, 1.54) is 12.8 Å². The first-order valence-corrected chi connectivity index (χ1v) is 6.79. The summed E-state index contributed by atoms with van der Waals surface area (Å²) >= 11 is 0. The van der Waals surface area contributed by atoms with E-state index in [2.05, 4.69) is 24.5 Å². The number of para-hydroxylation sites is 1. The summed E-state index contributed by atoms with van der Waals surface area (Å²) in [6, 6.07) is 9.78. The Morgan fingerprint density at radius 1 is 1.17 bits per heavy atom. The molecule has 2 amide bonds. The van der Waals surface area contributed by atoms with Crippen LogP contribution in [0.2, 0.25) is 0 Å². The molecule has 1 fully saturated rings. The molecule has 2 rings (SSSR count). The summed E-state index contributed by atoms with van der Waals surface area (Å²) in [5.74, 6) is 1.25. The monoisotopic (exact) mass is 246 g/mol. The third kappa shape index (κ3) is 3.25. The molecule has 1 aromatic carbocycles. The van der Waals surface area contributed by atoms with E-state index in [1.807, 2.05) is 30.3 Å². The van der Waals surface area contributed by atoms with Crippen LogP contribution in [0.15, 0.2) is 30.3 Å². The van der Waals surface area contributed by atoms with Gasteiger partial charge in [-0.15, -0.1) is 0 Å². The molecule has 0 unspecified atom stereocenters. The van der Waals surface area contributed by atoms with Crippen LogP contribution >= 0.6 is 0 Å². The van der Waals surface area contributed by atoms with Crippen LogP contribution in [0.25, 0.3) is 0 Å². The summed E-state index contributed by atoms with van der Waals surface area (Å²) in [6.07, 6.45) is 3.58. The van der Waals surface area contributed by atoms with Gasteiger partial charge in [0, 0.05) is 11.7 Å². The summed E-state index contributed by atoms with van der Waals surface area (Å²) < 4.78 is 0. The highest BCUT2D eigenvalue weighted by atomic mass is 16.2. The van der Waals surface area contributed by atoms with E-state index in [0.29, 0.717) is 17.9 Å². The molecule has 98 valence electrons. The smallest absolute Gasteiger partial charge is 0.319 e. The number of anilines is 1. The number of carbonyl (C=O) groups excluding carboxylic acids is 1. The minimum Gasteiger partial charge on any atom is -0.335 e. The molecule has 0 heterocycles. The predicted octanol–water partition coefficient (Wildman–Crippen LogP) is 3.63. The molecule has 1 aliphatic rings. The molecule has 0 aromatic heterocycles. The first kappa shape index (κ1) is 12.9. The fourth-order valence-electron chi connectivity index (χ4n) is 2.64. The molecule has 0 spiro atoms. The van der Waals surface area contributed by atoms with Gasteiger partial charge in [0.15, 0.2) is 0 Å². The Morgan fingerprint density at radius 2 is 1.89 bits per heavy atom. The summed E-state index contributed by atoms with van der Waals surface area (Å²) in [7, 11) is 0. The zero-order valence-electron chi connectivity index (χ0n) is 11.1. The second-order valence-corrected chi connectivity index (χ2v) is 5.34. The maximum absolute atomic E-state index is 11.9. The van der Waals surface area contributed by atoms with Gasteiger partial charge in [-0.2, -0.15) is 0 Å². The number of rotatable bonds is 2. The molecule has 1 aliphatic carbocycles. The number of urea groups is 1. The Kier molecular flexibility index (Phi) is 4.24. The van der Waals surface area contributed by atoms with Gasteiger partial charge in [0.25, 0.3) is 0 Å². The molecule has 1 aromatic rings. The van der Waals surface area contributed by atoms with Crippen molar-refractivity contribution < 1.29 is 4.79 Å². The van der Waals surface area contributed by atoms with Gasteiger partial charge < -0.3 is 10.6 Å². The number of nitrogens with one attached hydrogen (secondary N) is 2. The van der Waals surface area contributed by atoms with Crippen LogP contribution < -0.4 is 10.6 Å². The van der Waals surface area contributed by atoms with E-state index in [0.717, 1.165) is 12.1 Å². The highest BCUT2D eigenvalue weighted by Crippen LogP contribution is 2.29. The molecular formula is C15H22N2O. The summed E-state index contributed by atoms with van der Waals surface area (Å²) in [4.78, 5) is 11.9. The number of hydrogen-bond donors (Lipinski definition) is 2. The number of hydrogen-bond acceptors (Lipinski definition) is 1. The van der Waals surface area contributed by atoms with E-state index >= 15 is 0 Å². The zero-order valence-corrected chi connectivity index (χ0v) is 11.1. The van der Waals surface area contributed by atoms with Gasteiger partial charge in [-0.3, -0.25) is 0 Å². The van der Waals surface area contributed by atoms with Crippen LogP contribution in [-0.2, 0) is 0 Å². The molecular weight excluding hydrogens is 224 g/mol.